The number of fused-ring (bicyclic) bond motifs is 1. The van der Waals surface area contributed by atoms with Gasteiger partial charge in [-0.2, -0.15) is 0 Å². The highest BCUT2D eigenvalue weighted by Gasteiger charge is 2.08. The van der Waals surface area contributed by atoms with Crippen LogP contribution < -0.4 is 10.5 Å². The quantitative estimate of drug-likeness (QED) is 0.627. The maximum atomic E-state index is 5.79. The second-order valence-corrected chi connectivity index (χ2v) is 4.92. The molecular weight excluding hydrogens is 270 g/mol. The van der Waals surface area contributed by atoms with Gasteiger partial charge in [0, 0.05) is 17.6 Å². The Balaban J connectivity index is 2.18. The molecular formula is C16H19NO2S. The molecule has 0 aliphatic heterocycles. The minimum Gasteiger partial charge on any atom is -0.491 e. The van der Waals surface area contributed by atoms with Crippen molar-refractivity contribution in [1.82, 2.24) is 0 Å². The van der Waals surface area contributed by atoms with Crippen LogP contribution in [0.2, 0.25) is 0 Å². The molecule has 0 aromatic heterocycles. The molecule has 0 amide bonds. The van der Waals surface area contributed by atoms with Gasteiger partial charge in [0.1, 0.15) is 17.3 Å². The molecule has 0 spiro atoms. The van der Waals surface area contributed by atoms with Gasteiger partial charge < -0.3 is 15.2 Å². The summed E-state index contributed by atoms with van der Waals surface area (Å²) in [5.41, 5.74) is 6.64. The van der Waals surface area contributed by atoms with Crippen molar-refractivity contribution in [2.24, 2.45) is 5.73 Å². The molecule has 0 unspecified atom stereocenters. The molecule has 0 aliphatic rings. The largest absolute Gasteiger partial charge is 0.491 e. The number of thiocarbonyl (C=S) groups is 1. The van der Waals surface area contributed by atoms with E-state index in [1.54, 1.807) is 0 Å². The van der Waals surface area contributed by atoms with E-state index in [0.29, 0.717) is 18.2 Å². The molecule has 0 aliphatic carbocycles. The number of ether oxygens (including phenoxy) is 2. The third-order valence-corrected chi connectivity index (χ3v) is 3.20. The van der Waals surface area contributed by atoms with Crippen molar-refractivity contribution in [3.8, 4) is 5.75 Å². The van der Waals surface area contributed by atoms with Crippen LogP contribution >= 0.6 is 12.2 Å². The van der Waals surface area contributed by atoms with Gasteiger partial charge in [-0.05, 0) is 23.9 Å². The van der Waals surface area contributed by atoms with Crippen LogP contribution in [0.4, 0.5) is 0 Å². The first-order valence-electron chi connectivity index (χ1n) is 6.76. The summed E-state index contributed by atoms with van der Waals surface area (Å²) >= 11 is 5.08. The average molecular weight is 289 g/mol. The summed E-state index contributed by atoms with van der Waals surface area (Å²) in [5.74, 6) is 0.834. The van der Waals surface area contributed by atoms with E-state index in [9.17, 15) is 0 Å². The van der Waals surface area contributed by atoms with Crippen LogP contribution in [0.5, 0.6) is 5.75 Å². The first-order valence-corrected chi connectivity index (χ1v) is 7.17. The Morgan fingerprint density at radius 2 is 1.80 bits per heavy atom. The number of hydrogen-bond acceptors (Lipinski definition) is 3. The van der Waals surface area contributed by atoms with Crippen molar-refractivity contribution in [3.63, 3.8) is 0 Å². The van der Waals surface area contributed by atoms with Gasteiger partial charge in [-0.15, -0.1) is 0 Å². The second kappa shape index (κ2) is 7.22. The fourth-order valence-corrected chi connectivity index (χ4v) is 2.25. The lowest BCUT2D eigenvalue weighted by Crippen LogP contribution is -2.11. The molecule has 2 rings (SSSR count). The van der Waals surface area contributed by atoms with Crippen LogP contribution in [-0.2, 0) is 4.74 Å². The van der Waals surface area contributed by atoms with Crippen molar-refractivity contribution in [2.75, 3.05) is 19.8 Å². The Morgan fingerprint density at radius 3 is 2.50 bits per heavy atom. The zero-order valence-electron chi connectivity index (χ0n) is 11.6. The number of rotatable bonds is 7. The van der Waals surface area contributed by atoms with Crippen LogP contribution in [0.25, 0.3) is 10.8 Å². The molecule has 0 bridgehead atoms. The second-order valence-electron chi connectivity index (χ2n) is 4.48. The fourth-order valence-electron chi connectivity index (χ4n) is 2.07. The molecule has 0 radical (unpaired) electrons. The van der Waals surface area contributed by atoms with E-state index in [2.05, 4.69) is 6.92 Å². The van der Waals surface area contributed by atoms with Crippen LogP contribution in [0.3, 0.4) is 0 Å². The molecule has 2 N–H and O–H groups in total. The summed E-state index contributed by atoms with van der Waals surface area (Å²) in [6, 6.07) is 11.8. The Morgan fingerprint density at radius 1 is 1.05 bits per heavy atom. The lowest BCUT2D eigenvalue weighted by Gasteiger charge is -2.12. The van der Waals surface area contributed by atoms with E-state index in [4.69, 9.17) is 27.4 Å². The predicted molar refractivity (Wildman–Crippen MR) is 86.4 cm³/mol. The lowest BCUT2D eigenvalue weighted by atomic mass is 10.0. The Labute approximate surface area is 124 Å². The molecule has 2 aromatic rings. The highest BCUT2D eigenvalue weighted by atomic mass is 32.1. The van der Waals surface area contributed by atoms with Gasteiger partial charge in [0.05, 0.1) is 6.61 Å². The molecule has 4 heteroatoms. The Kier molecular flexibility index (Phi) is 5.32. The van der Waals surface area contributed by atoms with E-state index in [1.807, 2.05) is 36.4 Å². The molecule has 2 aromatic carbocycles. The molecule has 20 heavy (non-hydrogen) atoms. The van der Waals surface area contributed by atoms with Gasteiger partial charge in [0.2, 0.25) is 0 Å². The van der Waals surface area contributed by atoms with E-state index in [-0.39, 0.29) is 0 Å². The SMILES string of the molecule is CCCOCCOc1ccc(C(N)=S)c2ccccc12. The number of nitrogens with two attached hydrogens (primary N) is 1. The van der Waals surface area contributed by atoms with Crippen molar-refractivity contribution in [1.29, 1.82) is 0 Å². The van der Waals surface area contributed by atoms with E-state index < -0.39 is 0 Å². The lowest BCUT2D eigenvalue weighted by molar-refractivity contribution is 0.101. The zero-order valence-corrected chi connectivity index (χ0v) is 12.4. The third-order valence-electron chi connectivity index (χ3n) is 2.98. The van der Waals surface area contributed by atoms with Crippen LogP contribution in [0, 0.1) is 0 Å². The minimum absolute atomic E-state index is 0.402. The van der Waals surface area contributed by atoms with Crippen molar-refractivity contribution >= 4 is 28.0 Å². The smallest absolute Gasteiger partial charge is 0.127 e. The zero-order chi connectivity index (χ0) is 14.4. The van der Waals surface area contributed by atoms with Gasteiger partial charge in [-0.25, -0.2) is 0 Å². The summed E-state index contributed by atoms with van der Waals surface area (Å²) in [6.45, 7) is 3.99. The first kappa shape index (κ1) is 14.8. The van der Waals surface area contributed by atoms with Crippen molar-refractivity contribution < 1.29 is 9.47 Å². The molecule has 0 saturated heterocycles. The van der Waals surface area contributed by atoms with E-state index in [0.717, 1.165) is 35.1 Å². The standard InChI is InChI=1S/C16H19NO2S/c1-2-9-18-10-11-19-15-8-7-14(16(17)20)12-5-3-4-6-13(12)15/h3-8H,2,9-11H2,1H3,(H2,17,20). The highest BCUT2D eigenvalue weighted by molar-refractivity contribution is 7.80. The Hall–Kier alpha value is -1.65. The van der Waals surface area contributed by atoms with Gasteiger partial charge in [0.25, 0.3) is 0 Å². The molecule has 0 saturated carbocycles. The third kappa shape index (κ3) is 3.46. The maximum Gasteiger partial charge on any atom is 0.127 e. The summed E-state index contributed by atoms with van der Waals surface area (Å²) in [6.07, 6.45) is 1.02. The monoisotopic (exact) mass is 289 g/mol. The molecule has 0 fully saturated rings. The predicted octanol–water partition coefficient (Wildman–Crippen LogP) is 3.28. The van der Waals surface area contributed by atoms with Crippen LogP contribution in [0.1, 0.15) is 18.9 Å². The summed E-state index contributed by atoms with van der Waals surface area (Å²) in [7, 11) is 0. The molecule has 0 heterocycles. The fraction of sp³-hybridized carbons (Fsp3) is 0.312. The Bertz CT molecular complexity index is 598. The van der Waals surface area contributed by atoms with Crippen LogP contribution in [-0.4, -0.2) is 24.8 Å². The van der Waals surface area contributed by atoms with Crippen LogP contribution in [0.15, 0.2) is 36.4 Å². The van der Waals surface area contributed by atoms with Crippen molar-refractivity contribution in [3.05, 3.63) is 42.0 Å². The first-order chi connectivity index (χ1) is 9.74. The maximum absolute atomic E-state index is 5.79. The van der Waals surface area contributed by atoms with Crippen molar-refractivity contribution in [2.45, 2.75) is 13.3 Å². The summed E-state index contributed by atoms with van der Waals surface area (Å²) in [5, 5.41) is 2.04. The molecule has 3 nitrogen and oxygen atoms in total. The van der Waals surface area contributed by atoms with Gasteiger partial charge in [-0.3, -0.25) is 0 Å². The molecule has 106 valence electrons. The normalized spacial score (nSPS) is 10.7. The summed E-state index contributed by atoms with van der Waals surface area (Å²) < 4.78 is 11.2. The topological polar surface area (TPSA) is 44.5 Å². The average Bonchev–Trinajstić information content (AvgIpc) is 2.46. The highest BCUT2D eigenvalue weighted by Crippen LogP contribution is 2.28. The van der Waals surface area contributed by atoms with Gasteiger partial charge in [0.15, 0.2) is 0 Å². The summed E-state index contributed by atoms with van der Waals surface area (Å²) in [4.78, 5) is 0.402. The van der Waals surface area contributed by atoms with Gasteiger partial charge in [-0.1, -0.05) is 43.4 Å². The molecule has 0 atom stereocenters. The van der Waals surface area contributed by atoms with E-state index >= 15 is 0 Å². The number of hydrogen-bond donors (Lipinski definition) is 1. The number of benzene rings is 2. The van der Waals surface area contributed by atoms with E-state index in [1.165, 1.54) is 0 Å². The minimum atomic E-state index is 0.402. The van der Waals surface area contributed by atoms with Gasteiger partial charge >= 0.3 is 0 Å².